The Kier molecular flexibility index (Phi) is 6.59. The van der Waals surface area contributed by atoms with Crippen LogP contribution in [0.1, 0.15) is 31.0 Å². The third-order valence-corrected chi connectivity index (χ3v) is 7.05. The van der Waals surface area contributed by atoms with Crippen molar-refractivity contribution in [1.82, 2.24) is 15.0 Å². The van der Waals surface area contributed by atoms with Crippen LogP contribution in [0.2, 0.25) is 0 Å². The highest BCUT2D eigenvalue weighted by molar-refractivity contribution is 7.79. The predicted molar refractivity (Wildman–Crippen MR) is 120 cm³/mol. The quantitative estimate of drug-likeness (QED) is 0.486. The molecule has 0 amide bonds. The Hall–Kier alpha value is -3.04. The van der Waals surface area contributed by atoms with Crippen molar-refractivity contribution in [3.63, 3.8) is 0 Å². The van der Waals surface area contributed by atoms with Crippen molar-refractivity contribution >= 4 is 28.1 Å². The van der Waals surface area contributed by atoms with Gasteiger partial charge in [0.1, 0.15) is 5.82 Å². The number of fused-ring (bicyclic) bond motifs is 1. The molecule has 11 nitrogen and oxygen atoms in total. The molecule has 0 bridgehead atoms. The van der Waals surface area contributed by atoms with E-state index < -0.39 is 33.7 Å². The van der Waals surface area contributed by atoms with Crippen LogP contribution < -0.4 is 9.80 Å². The lowest BCUT2D eigenvalue weighted by molar-refractivity contribution is -0.141. The summed E-state index contributed by atoms with van der Waals surface area (Å²) in [6.07, 6.45) is -0.275. The molecule has 3 fully saturated rings. The molecule has 2 aromatic rings. The number of carboxylic acids is 1. The van der Waals surface area contributed by atoms with E-state index in [2.05, 4.69) is 15.0 Å². The molecule has 0 radical (unpaired) electrons. The number of carbonyl (C=O) groups is 1. The van der Waals surface area contributed by atoms with Crippen molar-refractivity contribution in [3.8, 4) is 0 Å². The van der Waals surface area contributed by atoms with Gasteiger partial charge in [-0.2, -0.15) is 26.6 Å². The second kappa shape index (κ2) is 9.12. The van der Waals surface area contributed by atoms with Crippen LogP contribution in [0, 0.1) is 11.8 Å². The Balaban J connectivity index is 0.000000556. The van der Waals surface area contributed by atoms with Crippen LogP contribution in [-0.2, 0) is 26.8 Å². The molecule has 15 heteroatoms. The minimum absolute atomic E-state index is 0.0293. The molecule has 36 heavy (non-hydrogen) atoms. The maximum atomic E-state index is 13.5. The summed E-state index contributed by atoms with van der Waals surface area (Å²) in [4.78, 5) is 27.4. The summed E-state index contributed by atoms with van der Waals surface area (Å²) in [5, 5.41) is 9.32. The average molecular weight is 532 g/mol. The number of hydrogen-bond donors (Lipinski definition) is 3. The molecule has 2 aliphatic heterocycles. The molecule has 3 unspecified atom stereocenters. The highest BCUT2D eigenvalue weighted by atomic mass is 32.3. The zero-order chi connectivity index (χ0) is 26.5. The van der Waals surface area contributed by atoms with Crippen molar-refractivity contribution in [1.29, 1.82) is 0 Å². The molecule has 3 aliphatic rings. The lowest BCUT2D eigenvalue weighted by Crippen LogP contribution is -2.47. The first-order valence-electron chi connectivity index (χ1n) is 11.0. The number of hydrogen-bond acceptors (Lipinski definition) is 8. The van der Waals surface area contributed by atoms with Gasteiger partial charge in [0.25, 0.3) is 0 Å². The topological polar surface area (TPSA) is 157 Å². The van der Waals surface area contributed by atoms with Gasteiger partial charge in [-0.05, 0) is 36.8 Å². The molecule has 4 heterocycles. The van der Waals surface area contributed by atoms with Gasteiger partial charge in [-0.1, -0.05) is 6.07 Å². The van der Waals surface area contributed by atoms with E-state index >= 15 is 0 Å². The Bertz CT molecular complexity index is 1240. The smallest absolute Gasteiger partial charge is 0.433 e. The molecule has 3 N–H and O–H groups in total. The number of carboxylic acid groups (broad SMARTS) is 1. The van der Waals surface area contributed by atoms with Gasteiger partial charge in [0.2, 0.25) is 5.95 Å². The van der Waals surface area contributed by atoms with Gasteiger partial charge in [0, 0.05) is 56.0 Å². The molecule has 196 valence electrons. The number of alkyl halides is 3. The van der Waals surface area contributed by atoms with E-state index in [1.807, 2.05) is 17.9 Å². The van der Waals surface area contributed by atoms with Crippen molar-refractivity contribution < 1.29 is 40.6 Å². The highest BCUT2D eigenvalue weighted by Gasteiger charge is 2.70. The van der Waals surface area contributed by atoms with Crippen molar-refractivity contribution in [2.75, 3.05) is 29.4 Å². The molecule has 2 aromatic heterocycles. The largest absolute Gasteiger partial charge is 0.481 e. The fourth-order valence-electron chi connectivity index (χ4n) is 5.26. The van der Waals surface area contributed by atoms with E-state index in [0.717, 1.165) is 18.1 Å². The van der Waals surface area contributed by atoms with Crippen molar-refractivity contribution in [2.24, 2.45) is 11.8 Å². The molecule has 0 spiro atoms. The lowest BCUT2D eigenvalue weighted by atomic mass is 9.93. The lowest BCUT2D eigenvalue weighted by Gasteiger charge is -2.39. The van der Waals surface area contributed by atoms with Crippen molar-refractivity contribution in [2.45, 2.75) is 37.4 Å². The molecule has 4 atom stereocenters. The summed E-state index contributed by atoms with van der Waals surface area (Å²) in [5.41, 5.74) is -0.458. The molecular formula is C21H24F3N5O6S. The first-order valence-corrected chi connectivity index (χ1v) is 12.4. The van der Waals surface area contributed by atoms with Crippen LogP contribution in [0.5, 0.6) is 0 Å². The number of rotatable bonds is 5. The van der Waals surface area contributed by atoms with Crippen LogP contribution in [0.25, 0.3) is 0 Å². The van der Waals surface area contributed by atoms with E-state index in [0.29, 0.717) is 19.6 Å². The van der Waals surface area contributed by atoms with E-state index in [1.54, 1.807) is 23.4 Å². The number of piperidine rings is 1. The maximum absolute atomic E-state index is 13.5. The normalized spacial score (nSPS) is 27.0. The highest BCUT2D eigenvalue weighted by Crippen LogP contribution is 2.65. The van der Waals surface area contributed by atoms with E-state index in [4.69, 9.17) is 17.5 Å². The second-order valence-electron chi connectivity index (χ2n) is 9.16. The summed E-state index contributed by atoms with van der Waals surface area (Å²) >= 11 is 0. The Morgan fingerprint density at radius 3 is 2.47 bits per heavy atom. The molecule has 1 saturated carbocycles. The third kappa shape index (κ3) is 5.22. The Labute approximate surface area is 204 Å². The fraction of sp³-hybridized carbons (Fsp3) is 0.524. The summed E-state index contributed by atoms with van der Waals surface area (Å²) in [7, 11) is -4.67. The molecular weight excluding hydrogens is 507 g/mol. The maximum Gasteiger partial charge on any atom is 0.433 e. The standard InChI is InChI=1S/C21H22F3N5O2.H2O4S/c1-12-4-6-29(12)19-26-16(21(22,23)24)8-17(27-19)28-10-15-14(7-18(30)31)20(15,11-28)13-3-2-5-25-9-13;1-5(2,3)4/h2-3,5,8-9,12,14-15H,4,6-7,10-11H2,1H3,(H,30,31);(H2,1,2,3,4)/t12-,14?,15?,20?;/m0./s1. The average Bonchev–Trinajstić information content (AvgIpc) is 3.14. The van der Waals surface area contributed by atoms with Crippen LogP contribution in [-0.4, -0.2) is 69.2 Å². The molecule has 2 saturated heterocycles. The molecule has 5 rings (SSSR count). The Morgan fingerprint density at radius 2 is 1.97 bits per heavy atom. The zero-order valence-corrected chi connectivity index (χ0v) is 19.8. The van der Waals surface area contributed by atoms with Gasteiger partial charge in [-0.3, -0.25) is 18.9 Å². The molecule has 0 aromatic carbocycles. The number of aromatic nitrogens is 3. The number of pyridine rings is 1. The number of anilines is 2. The van der Waals surface area contributed by atoms with Gasteiger partial charge in [-0.15, -0.1) is 0 Å². The van der Waals surface area contributed by atoms with Crippen LogP contribution in [0.15, 0.2) is 30.6 Å². The number of aliphatic carboxylic acids is 1. The van der Waals surface area contributed by atoms with Crippen LogP contribution in [0.4, 0.5) is 24.9 Å². The summed E-state index contributed by atoms with van der Waals surface area (Å²) < 4.78 is 72.2. The van der Waals surface area contributed by atoms with E-state index in [-0.39, 0.29) is 36.1 Å². The van der Waals surface area contributed by atoms with Gasteiger partial charge < -0.3 is 14.9 Å². The summed E-state index contributed by atoms with van der Waals surface area (Å²) in [5.74, 6) is -0.569. The minimum atomic E-state index is -4.67. The van der Waals surface area contributed by atoms with Gasteiger partial charge in [0.15, 0.2) is 5.69 Å². The van der Waals surface area contributed by atoms with Gasteiger partial charge in [-0.25, -0.2) is 4.98 Å². The SMILES string of the molecule is C[C@H]1CCN1c1nc(N2CC3C(CC(=O)O)C3(c3cccnc3)C2)cc(C(F)(F)F)n1.O=S(=O)(O)O. The first kappa shape index (κ1) is 26.0. The number of nitrogens with zero attached hydrogens (tertiary/aromatic N) is 5. The minimum Gasteiger partial charge on any atom is -0.481 e. The van der Waals surface area contributed by atoms with Gasteiger partial charge in [0.05, 0.1) is 0 Å². The van der Waals surface area contributed by atoms with Gasteiger partial charge >= 0.3 is 22.5 Å². The second-order valence-corrected chi connectivity index (χ2v) is 10.1. The van der Waals surface area contributed by atoms with Crippen LogP contribution in [0.3, 0.4) is 0 Å². The fourth-order valence-corrected chi connectivity index (χ4v) is 5.26. The monoisotopic (exact) mass is 531 g/mol. The third-order valence-electron chi connectivity index (χ3n) is 7.05. The van der Waals surface area contributed by atoms with Crippen molar-refractivity contribution in [3.05, 3.63) is 41.9 Å². The predicted octanol–water partition coefficient (Wildman–Crippen LogP) is 2.31. The molecule has 1 aliphatic carbocycles. The number of halogens is 3. The Morgan fingerprint density at radius 1 is 1.28 bits per heavy atom. The zero-order valence-electron chi connectivity index (χ0n) is 19.0. The van der Waals surface area contributed by atoms with E-state index in [1.165, 1.54) is 0 Å². The van der Waals surface area contributed by atoms with E-state index in [9.17, 15) is 23.1 Å². The summed E-state index contributed by atoms with van der Waals surface area (Å²) in [6.45, 7) is 3.43. The van der Waals surface area contributed by atoms with Crippen LogP contribution >= 0.6 is 0 Å². The summed E-state index contributed by atoms with van der Waals surface area (Å²) in [6, 6.07) is 4.82. The first-order chi connectivity index (χ1) is 16.7.